The average Bonchev–Trinajstić information content (AvgIpc) is 2.80. The molecule has 0 atom stereocenters. The Bertz CT molecular complexity index is 840. The zero-order valence-corrected chi connectivity index (χ0v) is 18.2. The summed E-state index contributed by atoms with van der Waals surface area (Å²) in [5.41, 5.74) is 3.24. The number of pyridine rings is 1. The number of nitrogens with zero attached hydrogens (tertiary/aromatic N) is 4. The van der Waals surface area contributed by atoms with Crippen molar-refractivity contribution in [2.24, 2.45) is 5.92 Å². The maximum Gasteiger partial charge on any atom is 0.225 e. The molecular weight excluding hydrogens is 374 g/mol. The first-order chi connectivity index (χ1) is 14.6. The molecule has 1 N–H and O–H groups in total. The minimum absolute atomic E-state index is 0.231. The Labute approximate surface area is 179 Å². The number of aromatic nitrogens is 3. The van der Waals surface area contributed by atoms with Crippen LogP contribution in [0.5, 0.6) is 0 Å². The van der Waals surface area contributed by atoms with Gasteiger partial charge in [-0.2, -0.15) is 0 Å². The molecule has 1 saturated heterocycles. The first kappa shape index (κ1) is 20.8. The predicted molar refractivity (Wildman–Crippen MR) is 119 cm³/mol. The van der Waals surface area contributed by atoms with Gasteiger partial charge in [0, 0.05) is 49.2 Å². The SMILES string of the molecule is CC(C)c1nc(N2CCC(NC(=O)C3CCCCC3)CC2)ncc1-c1ccncc1. The van der Waals surface area contributed by atoms with E-state index in [1.54, 1.807) is 12.4 Å². The van der Waals surface area contributed by atoms with Gasteiger partial charge < -0.3 is 10.2 Å². The number of carbonyl (C=O) groups is 1. The van der Waals surface area contributed by atoms with E-state index in [4.69, 9.17) is 4.98 Å². The summed E-state index contributed by atoms with van der Waals surface area (Å²) in [6, 6.07) is 4.28. The molecule has 0 bridgehead atoms. The summed E-state index contributed by atoms with van der Waals surface area (Å²) in [5.74, 6) is 1.61. The van der Waals surface area contributed by atoms with E-state index in [-0.39, 0.29) is 17.9 Å². The molecule has 2 aromatic heterocycles. The number of rotatable bonds is 5. The Balaban J connectivity index is 1.39. The number of hydrogen-bond donors (Lipinski definition) is 1. The van der Waals surface area contributed by atoms with Crippen LogP contribution in [0.4, 0.5) is 5.95 Å². The van der Waals surface area contributed by atoms with Gasteiger partial charge in [-0.3, -0.25) is 9.78 Å². The number of anilines is 1. The lowest BCUT2D eigenvalue weighted by molar-refractivity contribution is -0.126. The zero-order valence-electron chi connectivity index (χ0n) is 18.2. The molecule has 2 aliphatic rings. The molecule has 6 heteroatoms. The molecule has 4 rings (SSSR count). The Kier molecular flexibility index (Phi) is 6.60. The third-order valence-electron chi connectivity index (χ3n) is 6.44. The van der Waals surface area contributed by atoms with Crippen LogP contribution < -0.4 is 10.2 Å². The lowest BCUT2D eigenvalue weighted by atomic mass is 9.88. The molecule has 0 unspecified atom stereocenters. The van der Waals surface area contributed by atoms with Gasteiger partial charge in [-0.15, -0.1) is 0 Å². The monoisotopic (exact) mass is 407 g/mol. The molecule has 30 heavy (non-hydrogen) atoms. The molecule has 160 valence electrons. The Morgan fingerprint density at radius 2 is 1.77 bits per heavy atom. The van der Waals surface area contributed by atoms with Crippen LogP contribution in [-0.2, 0) is 4.79 Å². The number of carbonyl (C=O) groups excluding carboxylic acids is 1. The van der Waals surface area contributed by atoms with Crippen molar-refractivity contribution < 1.29 is 4.79 Å². The highest BCUT2D eigenvalue weighted by Crippen LogP contribution is 2.29. The van der Waals surface area contributed by atoms with E-state index in [0.717, 1.165) is 61.5 Å². The van der Waals surface area contributed by atoms with Gasteiger partial charge in [0.25, 0.3) is 0 Å². The Morgan fingerprint density at radius 3 is 2.43 bits per heavy atom. The van der Waals surface area contributed by atoms with Crippen LogP contribution >= 0.6 is 0 Å². The number of nitrogens with one attached hydrogen (secondary N) is 1. The van der Waals surface area contributed by atoms with Gasteiger partial charge >= 0.3 is 0 Å². The molecule has 6 nitrogen and oxygen atoms in total. The van der Waals surface area contributed by atoms with E-state index in [1.807, 2.05) is 18.3 Å². The average molecular weight is 408 g/mol. The normalized spacial score (nSPS) is 18.6. The van der Waals surface area contributed by atoms with Crippen LogP contribution in [0, 0.1) is 5.92 Å². The summed E-state index contributed by atoms with van der Waals surface area (Å²) in [6.07, 6.45) is 13.2. The van der Waals surface area contributed by atoms with Crippen molar-refractivity contribution in [1.82, 2.24) is 20.3 Å². The van der Waals surface area contributed by atoms with Gasteiger partial charge in [-0.1, -0.05) is 33.1 Å². The third kappa shape index (κ3) is 4.79. The summed E-state index contributed by atoms with van der Waals surface area (Å²) in [6.45, 7) is 6.09. The fraction of sp³-hybridized carbons (Fsp3) is 0.583. The van der Waals surface area contributed by atoms with Crippen molar-refractivity contribution in [3.05, 3.63) is 36.4 Å². The molecule has 0 radical (unpaired) electrons. The third-order valence-corrected chi connectivity index (χ3v) is 6.44. The van der Waals surface area contributed by atoms with Crippen molar-refractivity contribution in [1.29, 1.82) is 0 Å². The molecule has 1 aliphatic heterocycles. The highest BCUT2D eigenvalue weighted by molar-refractivity contribution is 5.79. The fourth-order valence-corrected chi connectivity index (χ4v) is 4.64. The summed E-state index contributed by atoms with van der Waals surface area (Å²) >= 11 is 0. The van der Waals surface area contributed by atoms with Crippen LogP contribution in [-0.4, -0.2) is 40.0 Å². The second-order valence-electron chi connectivity index (χ2n) is 8.96. The minimum atomic E-state index is 0.231. The number of amides is 1. The highest BCUT2D eigenvalue weighted by Gasteiger charge is 2.27. The second-order valence-corrected chi connectivity index (χ2v) is 8.96. The van der Waals surface area contributed by atoms with Crippen LogP contribution in [0.3, 0.4) is 0 Å². The molecule has 1 aliphatic carbocycles. The first-order valence-corrected chi connectivity index (χ1v) is 11.4. The zero-order chi connectivity index (χ0) is 20.9. The van der Waals surface area contributed by atoms with E-state index >= 15 is 0 Å². The predicted octanol–water partition coefficient (Wildman–Crippen LogP) is 4.33. The van der Waals surface area contributed by atoms with Crippen molar-refractivity contribution >= 4 is 11.9 Å². The molecule has 0 spiro atoms. The van der Waals surface area contributed by atoms with Gasteiger partial charge in [0.2, 0.25) is 11.9 Å². The van der Waals surface area contributed by atoms with Crippen LogP contribution in [0.15, 0.2) is 30.7 Å². The molecule has 3 heterocycles. The summed E-state index contributed by atoms with van der Waals surface area (Å²) in [7, 11) is 0. The second kappa shape index (κ2) is 9.54. The van der Waals surface area contributed by atoms with Crippen molar-refractivity contribution in [2.75, 3.05) is 18.0 Å². The van der Waals surface area contributed by atoms with Crippen molar-refractivity contribution in [3.8, 4) is 11.1 Å². The van der Waals surface area contributed by atoms with Crippen molar-refractivity contribution in [3.63, 3.8) is 0 Å². The van der Waals surface area contributed by atoms with Crippen LogP contribution in [0.1, 0.15) is 70.4 Å². The molecule has 0 aromatic carbocycles. The highest BCUT2D eigenvalue weighted by atomic mass is 16.1. The van der Waals surface area contributed by atoms with E-state index in [2.05, 4.69) is 34.0 Å². The van der Waals surface area contributed by atoms with Gasteiger partial charge in [-0.05, 0) is 49.3 Å². The molecule has 2 fully saturated rings. The molecule has 2 aromatic rings. The quantitative estimate of drug-likeness (QED) is 0.799. The van der Waals surface area contributed by atoms with E-state index in [0.29, 0.717) is 5.92 Å². The van der Waals surface area contributed by atoms with E-state index < -0.39 is 0 Å². The topological polar surface area (TPSA) is 71.0 Å². The standard InChI is InChI=1S/C24H33N5O/c1-17(2)22-21(18-8-12-25-13-9-18)16-26-24(28-22)29-14-10-20(11-15-29)27-23(30)19-6-4-3-5-7-19/h8-9,12-13,16-17,19-20H,3-7,10-11,14-15H2,1-2H3,(H,27,30). The lowest BCUT2D eigenvalue weighted by Crippen LogP contribution is -2.47. The molecule has 1 saturated carbocycles. The summed E-state index contributed by atoms with van der Waals surface area (Å²) < 4.78 is 0. The first-order valence-electron chi connectivity index (χ1n) is 11.4. The van der Waals surface area contributed by atoms with Gasteiger partial charge in [0.1, 0.15) is 0 Å². The van der Waals surface area contributed by atoms with E-state index in [1.165, 1.54) is 19.3 Å². The fourth-order valence-electron chi connectivity index (χ4n) is 4.64. The van der Waals surface area contributed by atoms with Crippen LogP contribution in [0.2, 0.25) is 0 Å². The smallest absolute Gasteiger partial charge is 0.225 e. The minimum Gasteiger partial charge on any atom is -0.353 e. The number of piperidine rings is 1. The maximum absolute atomic E-state index is 12.6. The van der Waals surface area contributed by atoms with Gasteiger partial charge in [0.05, 0.1) is 5.69 Å². The number of hydrogen-bond acceptors (Lipinski definition) is 5. The largest absolute Gasteiger partial charge is 0.353 e. The van der Waals surface area contributed by atoms with Gasteiger partial charge in [0.15, 0.2) is 0 Å². The molecular formula is C24H33N5O. The van der Waals surface area contributed by atoms with Crippen LogP contribution in [0.25, 0.3) is 11.1 Å². The molecule has 1 amide bonds. The summed E-state index contributed by atoms with van der Waals surface area (Å²) in [4.78, 5) is 28.6. The lowest BCUT2D eigenvalue weighted by Gasteiger charge is -2.34. The summed E-state index contributed by atoms with van der Waals surface area (Å²) in [5, 5.41) is 3.31. The Hall–Kier alpha value is -2.50. The van der Waals surface area contributed by atoms with Gasteiger partial charge in [-0.25, -0.2) is 9.97 Å². The maximum atomic E-state index is 12.6. The van der Waals surface area contributed by atoms with Crippen molar-refractivity contribution in [2.45, 2.75) is 70.8 Å². The Morgan fingerprint density at radius 1 is 1.07 bits per heavy atom. The van der Waals surface area contributed by atoms with E-state index in [9.17, 15) is 4.79 Å².